The van der Waals surface area contributed by atoms with Gasteiger partial charge in [-0.3, -0.25) is 9.10 Å². The molecule has 8 heteroatoms. The van der Waals surface area contributed by atoms with Crippen LogP contribution in [0.15, 0.2) is 71.6 Å². The van der Waals surface area contributed by atoms with Crippen molar-refractivity contribution in [1.29, 1.82) is 0 Å². The van der Waals surface area contributed by atoms with Crippen LogP contribution in [0.4, 0.5) is 5.69 Å². The molecule has 1 amide bonds. The minimum atomic E-state index is -4.01. The molecule has 0 aliphatic rings. The van der Waals surface area contributed by atoms with Crippen LogP contribution in [-0.2, 0) is 21.4 Å². The standard InChI is InChI=1S/C26H29ClN2O4S/c1-18(2)33-22-8-5-7-21(15-22)16-28-26(30)17-29(25-10-6-9-24(27)20(25)4)34(31,32)23-13-11-19(3)12-14-23/h5-15,18H,16-17H2,1-4H3,(H,28,30). The highest BCUT2D eigenvalue weighted by molar-refractivity contribution is 7.92. The number of benzene rings is 3. The summed E-state index contributed by atoms with van der Waals surface area (Å²) >= 11 is 6.27. The van der Waals surface area contributed by atoms with Gasteiger partial charge in [0, 0.05) is 11.6 Å². The second-order valence-electron chi connectivity index (χ2n) is 8.30. The summed E-state index contributed by atoms with van der Waals surface area (Å²) in [7, 11) is -4.01. The minimum absolute atomic E-state index is 0.0336. The first-order valence-corrected chi connectivity index (χ1v) is 12.8. The van der Waals surface area contributed by atoms with E-state index in [1.165, 1.54) is 12.1 Å². The van der Waals surface area contributed by atoms with Crippen LogP contribution in [-0.4, -0.2) is 27.0 Å². The lowest BCUT2D eigenvalue weighted by Gasteiger charge is -2.26. The van der Waals surface area contributed by atoms with Crippen molar-refractivity contribution in [1.82, 2.24) is 5.32 Å². The number of hydrogen-bond donors (Lipinski definition) is 1. The smallest absolute Gasteiger partial charge is 0.264 e. The third-order valence-electron chi connectivity index (χ3n) is 5.16. The van der Waals surface area contributed by atoms with Gasteiger partial charge in [0.15, 0.2) is 0 Å². The molecular weight excluding hydrogens is 472 g/mol. The Morgan fingerprint density at radius 3 is 2.38 bits per heavy atom. The van der Waals surface area contributed by atoms with Crippen LogP contribution in [0, 0.1) is 13.8 Å². The third kappa shape index (κ3) is 6.30. The quantitative estimate of drug-likeness (QED) is 0.435. The van der Waals surface area contributed by atoms with Gasteiger partial charge >= 0.3 is 0 Å². The van der Waals surface area contributed by atoms with Crippen molar-refractivity contribution in [3.63, 3.8) is 0 Å². The van der Waals surface area contributed by atoms with E-state index in [0.717, 1.165) is 15.4 Å². The topological polar surface area (TPSA) is 75.7 Å². The average Bonchev–Trinajstić information content (AvgIpc) is 2.78. The molecule has 0 heterocycles. The predicted octanol–water partition coefficient (Wildman–Crippen LogP) is 5.26. The van der Waals surface area contributed by atoms with Gasteiger partial charge in [-0.1, -0.05) is 47.5 Å². The second kappa shape index (κ2) is 10.9. The monoisotopic (exact) mass is 500 g/mol. The summed E-state index contributed by atoms with van der Waals surface area (Å²) in [6, 6.07) is 18.9. The highest BCUT2D eigenvalue weighted by Crippen LogP contribution is 2.31. The minimum Gasteiger partial charge on any atom is -0.491 e. The van der Waals surface area contributed by atoms with E-state index >= 15 is 0 Å². The number of halogens is 1. The van der Waals surface area contributed by atoms with Crippen molar-refractivity contribution in [3.8, 4) is 5.75 Å². The van der Waals surface area contributed by atoms with Crippen LogP contribution < -0.4 is 14.4 Å². The molecule has 0 saturated carbocycles. The molecule has 180 valence electrons. The van der Waals surface area contributed by atoms with Crippen LogP contribution in [0.3, 0.4) is 0 Å². The number of sulfonamides is 1. The first-order chi connectivity index (χ1) is 16.1. The Kier molecular flexibility index (Phi) is 8.23. The molecule has 0 spiro atoms. The molecule has 3 aromatic rings. The first kappa shape index (κ1) is 25.6. The summed E-state index contributed by atoms with van der Waals surface area (Å²) in [4.78, 5) is 13.0. The second-order valence-corrected chi connectivity index (χ2v) is 10.6. The van der Waals surface area contributed by atoms with E-state index < -0.39 is 15.9 Å². The van der Waals surface area contributed by atoms with Crippen LogP contribution in [0.5, 0.6) is 5.75 Å². The first-order valence-electron chi connectivity index (χ1n) is 10.9. The van der Waals surface area contributed by atoms with Gasteiger partial charge in [0.2, 0.25) is 5.91 Å². The maximum absolute atomic E-state index is 13.6. The van der Waals surface area contributed by atoms with Gasteiger partial charge < -0.3 is 10.1 Å². The number of hydrogen-bond acceptors (Lipinski definition) is 4. The van der Waals surface area contributed by atoms with Crippen molar-refractivity contribution < 1.29 is 17.9 Å². The number of anilines is 1. The summed E-state index contributed by atoms with van der Waals surface area (Å²) in [6.07, 6.45) is 0.0336. The van der Waals surface area contributed by atoms with Gasteiger partial charge in [-0.2, -0.15) is 0 Å². The molecule has 0 aliphatic carbocycles. The Bertz CT molecular complexity index is 1260. The summed E-state index contributed by atoms with van der Waals surface area (Å²) in [5, 5.41) is 3.23. The van der Waals surface area contributed by atoms with Gasteiger partial charge in [-0.05, 0) is 75.2 Å². The molecule has 0 radical (unpaired) electrons. The summed E-state index contributed by atoms with van der Waals surface area (Å²) in [5.74, 6) is 0.269. The lowest BCUT2D eigenvalue weighted by molar-refractivity contribution is -0.119. The zero-order chi connectivity index (χ0) is 24.9. The van der Waals surface area contributed by atoms with E-state index in [1.54, 1.807) is 37.3 Å². The Hall–Kier alpha value is -3.03. The van der Waals surface area contributed by atoms with Crippen molar-refractivity contribution in [3.05, 3.63) is 88.4 Å². The van der Waals surface area contributed by atoms with E-state index in [-0.39, 0.29) is 24.1 Å². The van der Waals surface area contributed by atoms with Crippen LogP contribution in [0.2, 0.25) is 5.02 Å². The number of carbonyl (C=O) groups is 1. The average molecular weight is 501 g/mol. The molecule has 34 heavy (non-hydrogen) atoms. The van der Waals surface area contributed by atoms with Gasteiger partial charge in [-0.15, -0.1) is 0 Å². The van der Waals surface area contributed by atoms with Gasteiger partial charge in [0.05, 0.1) is 16.7 Å². The summed E-state index contributed by atoms with van der Waals surface area (Å²) in [6.45, 7) is 7.34. The van der Waals surface area contributed by atoms with E-state index in [9.17, 15) is 13.2 Å². The number of ether oxygens (including phenoxy) is 1. The SMILES string of the molecule is Cc1ccc(S(=O)(=O)N(CC(=O)NCc2cccc(OC(C)C)c2)c2cccc(Cl)c2C)cc1. The zero-order valence-corrected chi connectivity index (χ0v) is 21.3. The highest BCUT2D eigenvalue weighted by atomic mass is 35.5. The number of rotatable bonds is 9. The molecule has 3 aromatic carbocycles. The van der Waals surface area contributed by atoms with Crippen molar-refractivity contribution in [2.24, 2.45) is 0 Å². The van der Waals surface area contributed by atoms with Crippen LogP contribution in [0.1, 0.15) is 30.5 Å². The number of aryl methyl sites for hydroxylation is 1. The number of carbonyl (C=O) groups excluding carboxylic acids is 1. The Balaban J connectivity index is 1.85. The maximum atomic E-state index is 13.6. The fourth-order valence-corrected chi connectivity index (χ4v) is 5.04. The number of nitrogens with one attached hydrogen (secondary N) is 1. The molecule has 6 nitrogen and oxygen atoms in total. The fourth-order valence-electron chi connectivity index (χ4n) is 3.39. The number of amides is 1. The molecule has 0 aromatic heterocycles. The van der Waals surface area contributed by atoms with E-state index in [0.29, 0.717) is 22.0 Å². The largest absolute Gasteiger partial charge is 0.491 e. The Morgan fingerprint density at radius 2 is 1.71 bits per heavy atom. The van der Waals surface area contributed by atoms with E-state index in [2.05, 4.69) is 5.32 Å². The number of nitrogens with zero attached hydrogens (tertiary/aromatic N) is 1. The Labute approximate surface area is 206 Å². The van der Waals surface area contributed by atoms with Crippen LogP contribution >= 0.6 is 11.6 Å². The van der Waals surface area contributed by atoms with E-state index in [4.69, 9.17) is 16.3 Å². The fraction of sp³-hybridized carbons (Fsp3) is 0.269. The van der Waals surface area contributed by atoms with Crippen molar-refractivity contribution in [2.45, 2.75) is 45.2 Å². The highest BCUT2D eigenvalue weighted by Gasteiger charge is 2.28. The Morgan fingerprint density at radius 1 is 1.03 bits per heavy atom. The van der Waals surface area contributed by atoms with Gasteiger partial charge in [0.25, 0.3) is 10.0 Å². The zero-order valence-electron chi connectivity index (χ0n) is 19.7. The summed E-state index contributed by atoms with van der Waals surface area (Å²) in [5.41, 5.74) is 2.71. The third-order valence-corrected chi connectivity index (χ3v) is 7.35. The normalized spacial score (nSPS) is 11.4. The molecule has 0 unspecified atom stereocenters. The van der Waals surface area contributed by atoms with Gasteiger partial charge in [-0.25, -0.2) is 8.42 Å². The van der Waals surface area contributed by atoms with Crippen molar-refractivity contribution >= 4 is 33.2 Å². The summed E-state index contributed by atoms with van der Waals surface area (Å²) < 4.78 is 33.9. The molecule has 0 atom stereocenters. The molecule has 3 rings (SSSR count). The van der Waals surface area contributed by atoms with Crippen molar-refractivity contribution in [2.75, 3.05) is 10.8 Å². The lowest BCUT2D eigenvalue weighted by atomic mass is 10.2. The molecule has 0 bridgehead atoms. The van der Waals surface area contributed by atoms with Crippen LogP contribution in [0.25, 0.3) is 0 Å². The lowest BCUT2D eigenvalue weighted by Crippen LogP contribution is -2.41. The maximum Gasteiger partial charge on any atom is 0.264 e. The predicted molar refractivity (Wildman–Crippen MR) is 136 cm³/mol. The molecule has 0 saturated heterocycles. The molecule has 0 fully saturated rings. The van der Waals surface area contributed by atoms with E-state index in [1.807, 2.05) is 45.0 Å². The molecule has 1 N–H and O–H groups in total. The van der Waals surface area contributed by atoms with Gasteiger partial charge in [0.1, 0.15) is 12.3 Å². The molecular formula is C26H29ClN2O4S. The molecule has 0 aliphatic heterocycles.